The molecular formula is C21H22BrN3O2. The molecule has 2 aromatic rings. The lowest BCUT2D eigenvalue weighted by molar-refractivity contribution is -0.133. The summed E-state index contributed by atoms with van der Waals surface area (Å²) in [5.74, 6) is -0.107. The third-order valence-electron chi connectivity index (χ3n) is 5.43. The Morgan fingerprint density at radius 2 is 1.81 bits per heavy atom. The number of hydrogen-bond acceptors (Lipinski definition) is 3. The van der Waals surface area contributed by atoms with Crippen LogP contribution in [0.25, 0.3) is 0 Å². The van der Waals surface area contributed by atoms with Crippen LogP contribution < -0.4 is 5.32 Å². The average Bonchev–Trinajstić information content (AvgIpc) is 2.87. The Balaban J connectivity index is 1.46. The summed E-state index contributed by atoms with van der Waals surface area (Å²) in [4.78, 5) is 29.0. The van der Waals surface area contributed by atoms with Crippen molar-refractivity contribution in [1.82, 2.24) is 15.1 Å². The molecule has 1 saturated heterocycles. The molecule has 1 atom stereocenters. The van der Waals surface area contributed by atoms with Gasteiger partial charge in [-0.1, -0.05) is 52.3 Å². The normalized spacial score (nSPS) is 21.7. The lowest BCUT2D eigenvalue weighted by Gasteiger charge is -2.32. The molecule has 0 saturated carbocycles. The van der Waals surface area contributed by atoms with E-state index in [1.54, 1.807) is 0 Å². The van der Waals surface area contributed by atoms with E-state index in [-0.39, 0.29) is 18.6 Å². The van der Waals surface area contributed by atoms with Crippen LogP contribution in [0, 0.1) is 0 Å². The standard InChI is InChI=1S/C21H22BrN3O2/c1-24(13-15-6-8-18(22)9-7-15)14-25-19(26)21(23-20(25)27)11-10-16-4-2-3-5-17(16)12-21/h2-9H,10-14H2,1H3,(H,23,27). The summed E-state index contributed by atoms with van der Waals surface area (Å²) in [6.45, 7) is 0.949. The molecule has 1 spiro atoms. The molecule has 1 N–H and O–H groups in total. The molecule has 1 aliphatic carbocycles. The van der Waals surface area contributed by atoms with Gasteiger partial charge in [0.15, 0.2) is 0 Å². The molecule has 0 radical (unpaired) electrons. The van der Waals surface area contributed by atoms with E-state index >= 15 is 0 Å². The van der Waals surface area contributed by atoms with Gasteiger partial charge in [0.25, 0.3) is 5.91 Å². The van der Waals surface area contributed by atoms with Crippen molar-refractivity contribution in [3.63, 3.8) is 0 Å². The van der Waals surface area contributed by atoms with Gasteiger partial charge in [0.05, 0.1) is 6.67 Å². The Bertz CT molecular complexity index is 883. The van der Waals surface area contributed by atoms with Crippen LogP contribution >= 0.6 is 15.9 Å². The summed E-state index contributed by atoms with van der Waals surface area (Å²) >= 11 is 3.43. The fraction of sp³-hybridized carbons (Fsp3) is 0.333. The number of benzene rings is 2. The smallest absolute Gasteiger partial charge is 0.323 e. The van der Waals surface area contributed by atoms with Crippen molar-refractivity contribution in [1.29, 1.82) is 0 Å². The number of carbonyl (C=O) groups excluding carboxylic acids is 2. The fourth-order valence-corrected chi connectivity index (χ4v) is 4.29. The second-order valence-corrected chi connectivity index (χ2v) is 8.39. The van der Waals surface area contributed by atoms with Crippen molar-refractivity contribution >= 4 is 27.9 Å². The highest BCUT2D eigenvalue weighted by molar-refractivity contribution is 9.10. The Hall–Kier alpha value is -2.18. The van der Waals surface area contributed by atoms with Gasteiger partial charge in [0.2, 0.25) is 0 Å². The van der Waals surface area contributed by atoms with Crippen LogP contribution in [0.2, 0.25) is 0 Å². The van der Waals surface area contributed by atoms with Crippen molar-refractivity contribution < 1.29 is 9.59 Å². The third-order valence-corrected chi connectivity index (χ3v) is 5.95. The van der Waals surface area contributed by atoms with Crippen LogP contribution in [0.4, 0.5) is 4.79 Å². The van der Waals surface area contributed by atoms with Crippen molar-refractivity contribution in [2.45, 2.75) is 31.3 Å². The van der Waals surface area contributed by atoms with E-state index in [0.717, 1.165) is 22.0 Å². The molecule has 1 heterocycles. The zero-order chi connectivity index (χ0) is 19.0. The topological polar surface area (TPSA) is 52.6 Å². The van der Waals surface area contributed by atoms with Gasteiger partial charge >= 0.3 is 6.03 Å². The van der Waals surface area contributed by atoms with E-state index in [1.807, 2.05) is 48.3 Å². The van der Waals surface area contributed by atoms with Gasteiger partial charge in [-0.05, 0) is 48.7 Å². The van der Waals surface area contributed by atoms with Crippen LogP contribution in [-0.2, 0) is 24.2 Å². The SMILES string of the molecule is CN(Cc1ccc(Br)cc1)CN1C(=O)NC2(CCc3ccccc3C2)C1=O. The maximum absolute atomic E-state index is 13.1. The largest absolute Gasteiger partial charge is 0.326 e. The zero-order valence-corrected chi connectivity index (χ0v) is 16.8. The molecule has 2 aliphatic rings. The summed E-state index contributed by atoms with van der Waals surface area (Å²) in [6.07, 6.45) is 2.03. The Morgan fingerprint density at radius 3 is 2.56 bits per heavy atom. The lowest BCUT2D eigenvalue weighted by atomic mass is 9.78. The molecule has 1 fully saturated rings. The Kier molecular flexibility index (Phi) is 4.78. The highest BCUT2D eigenvalue weighted by Crippen LogP contribution is 2.33. The van der Waals surface area contributed by atoms with Gasteiger partial charge < -0.3 is 5.32 Å². The second kappa shape index (κ2) is 7.09. The summed E-state index contributed by atoms with van der Waals surface area (Å²) < 4.78 is 1.03. The van der Waals surface area contributed by atoms with Crippen molar-refractivity contribution in [2.75, 3.05) is 13.7 Å². The van der Waals surface area contributed by atoms with Gasteiger partial charge in [-0.3, -0.25) is 9.69 Å². The number of carbonyl (C=O) groups is 2. The Morgan fingerprint density at radius 1 is 1.11 bits per heavy atom. The van der Waals surface area contributed by atoms with Crippen LogP contribution in [-0.4, -0.2) is 41.0 Å². The molecule has 6 heteroatoms. The minimum Gasteiger partial charge on any atom is -0.323 e. The van der Waals surface area contributed by atoms with E-state index in [0.29, 0.717) is 19.4 Å². The first-order chi connectivity index (χ1) is 13.0. The van der Waals surface area contributed by atoms with E-state index < -0.39 is 5.54 Å². The lowest BCUT2D eigenvalue weighted by Crippen LogP contribution is -2.51. The number of halogens is 1. The minimum atomic E-state index is -0.788. The molecular weight excluding hydrogens is 406 g/mol. The molecule has 0 aromatic heterocycles. The predicted molar refractivity (Wildman–Crippen MR) is 107 cm³/mol. The third kappa shape index (κ3) is 3.51. The number of aryl methyl sites for hydroxylation is 1. The van der Waals surface area contributed by atoms with Crippen LogP contribution in [0.1, 0.15) is 23.1 Å². The number of hydrogen-bond donors (Lipinski definition) is 1. The molecule has 3 amide bonds. The first kappa shape index (κ1) is 18.2. The number of urea groups is 1. The summed E-state index contributed by atoms with van der Waals surface area (Å²) in [7, 11) is 1.92. The van der Waals surface area contributed by atoms with Crippen LogP contribution in [0.3, 0.4) is 0 Å². The summed E-state index contributed by atoms with van der Waals surface area (Å²) in [5, 5.41) is 2.99. The number of rotatable bonds is 4. The van der Waals surface area contributed by atoms with Crippen molar-refractivity contribution in [3.05, 3.63) is 69.7 Å². The van der Waals surface area contributed by atoms with Crippen LogP contribution in [0.5, 0.6) is 0 Å². The van der Waals surface area contributed by atoms with E-state index in [1.165, 1.54) is 10.5 Å². The number of nitrogens with zero attached hydrogens (tertiary/aromatic N) is 2. The summed E-state index contributed by atoms with van der Waals surface area (Å²) in [6, 6.07) is 15.9. The van der Waals surface area contributed by atoms with Crippen molar-refractivity contribution in [3.8, 4) is 0 Å². The number of nitrogens with one attached hydrogen (secondary N) is 1. The van der Waals surface area contributed by atoms with Gasteiger partial charge in [0.1, 0.15) is 5.54 Å². The second-order valence-electron chi connectivity index (χ2n) is 7.47. The van der Waals surface area contributed by atoms with Crippen LogP contribution in [0.15, 0.2) is 53.0 Å². The first-order valence-electron chi connectivity index (χ1n) is 9.11. The van der Waals surface area contributed by atoms with Gasteiger partial charge in [0, 0.05) is 17.4 Å². The molecule has 2 aromatic carbocycles. The van der Waals surface area contributed by atoms with Gasteiger partial charge in [-0.25, -0.2) is 9.69 Å². The average molecular weight is 428 g/mol. The quantitative estimate of drug-likeness (QED) is 0.761. The molecule has 27 heavy (non-hydrogen) atoms. The predicted octanol–water partition coefficient (Wildman–Crippen LogP) is 3.32. The highest BCUT2D eigenvalue weighted by atomic mass is 79.9. The number of amides is 3. The number of imide groups is 1. The number of fused-ring (bicyclic) bond motifs is 1. The minimum absolute atomic E-state index is 0.107. The van der Waals surface area contributed by atoms with E-state index in [9.17, 15) is 9.59 Å². The molecule has 140 valence electrons. The fourth-order valence-electron chi connectivity index (χ4n) is 4.02. The molecule has 1 unspecified atom stereocenters. The van der Waals surface area contributed by atoms with Crippen molar-refractivity contribution in [2.24, 2.45) is 0 Å². The molecule has 4 rings (SSSR count). The van der Waals surface area contributed by atoms with Gasteiger partial charge in [-0.15, -0.1) is 0 Å². The highest BCUT2D eigenvalue weighted by Gasteiger charge is 2.52. The molecule has 1 aliphatic heterocycles. The monoisotopic (exact) mass is 427 g/mol. The van der Waals surface area contributed by atoms with E-state index in [4.69, 9.17) is 0 Å². The molecule has 5 nitrogen and oxygen atoms in total. The van der Waals surface area contributed by atoms with E-state index in [2.05, 4.69) is 33.4 Å². The van der Waals surface area contributed by atoms with Gasteiger partial charge in [-0.2, -0.15) is 0 Å². The summed E-state index contributed by atoms with van der Waals surface area (Å²) in [5.41, 5.74) is 2.77. The molecule has 0 bridgehead atoms. The zero-order valence-electron chi connectivity index (χ0n) is 15.2. The maximum atomic E-state index is 13.1. The maximum Gasteiger partial charge on any atom is 0.326 e. The Labute approximate surface area is 167 Å². The first-order valence-corrected chi connectivity index (χ1v) is 9.90.